The van der Waals surface area contributed by atoms with Crippen molar-refractivity contribution in [2.75, 3.05) is 0 Å². The van der Waals surface area contributed by atoms with Crippen LogP contribution in [0.25, 0.3) is 0 Å². The molecule has 1 amide bonds. The maximum Gasteiger partial charge on any atom is 0.257 e. The number of amides is 1. The van der Waals surface area contributed by atoms with Crippen molar-refractivity contribution in [2.24, 2.45) is 0 Å². The maximum absolute atomic E-state index is 11.7. The highest BCUT2D eigenvalue weighted by Crippen LogP contribution is 1.95. The Labute approximate surface area is 97.5 Å². The van der Waals surface area contributed by atoms with Crippen molar-refractivity contribution < 1.29 is 4.79 Å². The van der Waals surface area contributed by atoms with Gasteiger partial charge in [-0.2, -0.15) is 0 Å². The molecule has 86 valence electrons. The van der Waals surface area contributed by atoms with Crippen molar-refractivity contribution in [1.82, 2.24) is 15.3 Å². The first-order valence-corrected chi connectivity index (χ1v) is 5.11. The molecule has 0 aliphatic carbocycles. The number of rotatable bonds is 3. The number of pyridine rings is 2. The van der Waals surface area contributed by atoms with Gasteiger partial charge >= 0.3 is 0 Å². The third-order valence-electron chi connectivity index (χ3n) is 2.24. The lowest BCUT2D eigenvalue weighted by atomic mass is 10.2. The molecular weight excluding hydrogens is 218 g/mol. The second-order valence-corrected chi connectivity index (χ2v) is 3.47. The molecule has 0 aliphatic rings. The molecule has 0 fully saturated rings. The van der Waals surface area contributed by atoms with Crippen LogP contribution in [0.2, 0.25) is 0 Å². The number of nitrogens with one attached hydrogen (secondary N) is 2. The van der Waals surface area contributed by atoms with Gasteiger partial charge in [-0.25, -0.2) is 0 Å². The number of H-pyrrole nitrogens is 1. The van der Waals surface area contributed by atoms with E-state index in [9.17, 15) is 9.59 Å². The molecule has 5 heteroatoms. The van der Waals surface area contributed by atoms with Gasteiger partial charge < -0.3 is 10.3 Å². The van der Waals surface area contributed by atoms with Crippen molar-refractivity contribution in [3.8, 4) is 0 Å². The highest BCUT2D eigenvalue weighted by Gasteiger charge is 2.08. The largest absolute Gasteiger partial charge is 0.367 e. The van der Waals surface area contributed by atoms with Crippen LogP contribution < -0.4 is 10.7 Å². The van der Waals surface area contributed by atoms with Crippen LogP contribution in [0.15, 0.2) is 47.8 Å². The van der Waals surface area contributed by atoms with E-state index in [2.05, 4.69) is 15.3 Å². The molecule has 2 rings (SSSR count). The SMILES string of the molecule is O=C(NCc1cccnc1)c1c[nH]ccc1=O. The molecule has 0 saturated carbocycles. The topological polar surface area (TPSA) is 74.8 Å². The summed E-state index contributed by atoms with van der Waals surface area (Å²) in [4.78, 5) is 29.7. The van der Waals surface area contributed by atoms with Gasteiger partial charge in [0.05, 0.1) is 0 Å². The zero-order chi connectivity index (χ0) is 12.1. The maximum atomic E-state index is 11.7. The molecule has 0 bridgehead atoms. The smallest absolute Gasteiger partial charge is 0.257 e. The van der Waals surface area contributed by atoms with Crippen LogP contribution in [-0.2, 0) is 6.54 Å². The van der Waals surface area contributed by atoms with E-state index in [-0.39, 0.29) is 11.0 Å². The third-order valence-corrected chi connectivity index (χ3v) is 2.24. The molecule has 0 saturated heterocycles. The molecule has 2 aromatic rings. The fraction of sp³-hybridized carbons (Fsp3) is 0.0833. The zero-order valence-electron chi connectivity index (χ0n) is 9.01. The first-order valence-electron chi connectivity index (χ1n) is 5.11. The molecule has 0 spiro atoms. The summed E-state index contributed by atoms with van der Waals surface area (Å²) < 4.78 is 0. The zero-order valence-corrected chi connectivity index (χ0v) is 9.01. The van der Waals surface area contributed by atoms with Crippen molar-refractivity contribution in [3.63, 3.8) is 0 Å². The van der Waals surface area contributed by atoms with Gasteiger partial charge in [-0.05, 0) is 11.6 Å². The molecule has 0 unspecified atom stereocenters. The van der Waals surface area contributed by atoms with E-state index < -0.39 is 5.91 Å². The number of aromatic nitrogens is 2. The van der Waals surface area contributed by atoms with E-state index in [1.54, 1.807) is 18.5 Å². The summed E-state index contributed by atoms with van der Waals surface area (Å²) in [7, 11) is 0. The Bertz CT molecular complexity index is 563. The first kappa shape index (κ1) is 11.1. The quantitative estimate of drug-likeness (QED) is 0.813. The minimum absolute atomic E-state index is 0.108. The number of hydrogen-bond donors (Lipinski definition) is 2. The predicted octanol–water partition coefficient (Wildman–Crippen LogP) is 0.700. The first-order chi connectivity index (χ1) is 8.27. The van der Waals surface area contributed by atoms with Crippen LogP contribution in [0.4, 0.5) is 0 Å². The minimum Gasteiger partial charge on any atom is -0.367 e. The highest BCUT2D eigenvalue weighted by molar-refractivity contribution is 5.93. The lowest BCUT2D eigenvalue weighted by molar-refractivity contribution is 0.0949. The Balaban J connectivity index is 2.04. The monoisotopic (exact) mass is 229 g/mol. The van der Waals surface area contributed by atoms with E-state index in [0.29, 0.717) is 6.54 Å². The average molecular weight is 229 g/mol. The fourth-order valence-corrected chi connectivity index (χ4v) is 1.37. The van der Waals surface area contributed by atoms with Crippen molar-refractivity contribution >= 4 is 5.91 Å². The van der Waals surface area contributed by atoms with Gasteiger partial charge in [0.2, 0.25) is 0 Å². The van der Waals surface area contributed by atoms with Crippen LogP contribution in [-0.4, -0.2) is 15.9 Å². The van der Waals surface area contributed by atoms with E-state index in [1.165, 1.54) is 18.5 Å². The summed E-state index contributed by atoms with van der Waals surface area (Å²) in [5.74, 6) is -0.393. The average Bonchev–Trinajstić information content (AvgIpc) is 2.38. The molecule has 0 radical (unpaired) electrons. The Morgan fingerprint density at radius 1 is 1.41 bits per heavy atom. The minimum atomic E-state index is -0.393. The van der Waals surface area contributed by atoms with Crippen molar-refractivity contribution in [3.05, 3.63) is 64.3 Å². The van der Waals surface area contributed by atoms with Crippen LogP contribution in [0.3, 0.4) is 0 Å². The molecule has 2 heterocycles. The summed E-state index contributed by atoms with van der Waals surface area (Å²) in [6, 6.07) is 4.96. The summed E-state index contributed by atoms with van der Waals surface area (Å²) in [5, 5.41) is 2.66. The second-order valence-electron chi connectivity index (χ2n) is 3.47. The second kappa shape index (κ2) is 5.07. The van der Waals surface area contributed by atoms with Gasteiger partial charge in [-0.3, -0.25) is 14.6 Å². The fourth-order valence-electron chi connectivity index (χ4n) is 1.37. The standard InChI is InChI=1S/C12H11N3O2/c16-11-3-5-14-8-10(11)12(17)15-7-9-2-1-4-13-6-9/h1-6,8H,7H2,(H,14,16)(H,15,17). The summed E-state index contributed by atoms with van der Waals surface area (Å²) >= 11 is 0. The van der Waals surface area contributed by atoms with Gasteiger partial charge in [0, 0.05) is 37.4 Å². The molecule has 5 nitrogen and oxygen atoms in total. The molecule has 0 atom stereocenters. The number of hydrogen-bond acceptors (Lipinski definition) is 3. The predicted molar refractivity (Wildman–Crippen MR) is 62.5 cm³/mol. The number of carbonyl (C=O) groups excluding carboxylic acids is 1. The van der Waals surface area contributed by atoms with Gasteiger partial charge in [0.15, 0.2) is 5.43 Å². The van der Waals surface area contributed by atoms with Crippen molar-refractivity contribution in [2.45, 2.75) is 6.54 Å². The van der Waals surface area contributed by atoms with Crippen molar-refractivity contribution in [1.29, 1.82) is 0 Å². The van der Waals surface area contributed by atoms with Crippen LogP contribution in [0.5, 0.6) is 0 Å². The number of aromatic amines is 1. The Kier molecular flexibility index (Phi) is 3.30. The summed E-state index contributed by atoms with van der Waals surface area (Å²) in [5.41, 5.74) is 0.692. The molecule has 0 aromatic carbocycles. The number of carbonyl (C=O) groups is 1. The van der Waals surface area contributed by atoms with Gasteiger partial charge in [0.1, 0.15) is 5.56 Å². The Hall–Kier alpha value is -2.43. The summed E-state index contributed by atoms with van der Waals surface area (Å²) in [6.07, 6.45) is 6.20. The summed E-state index contributed by atoms with van der Waals surface area (Å²) in [6.45, 7) is 0.348. The van der Waals surface area contributed by atoms with E-state index >= 15 is 0 Å². The molecule has 0 aliphatic heterocycles. The van der Waals surface area contributed by atoms with Crippen LogP contribution in [0, 0.1) is 0 Å². The van der Waals surface area contributed by atoms with Crippen LogP contribution in [0.1, 0.15) is 15.9 Å². The van der Waals surface area contributed by atoms with E-state index in [1.807, 2.05) is 6.07 Å². The van der Waals surface area contributed by atoms with Gasteiger partial charge in [-0.1, -0.05) is 6.07 Å². The lowest BCUT2D eigenvalue weighted by Gasteiger charge is -2.03. The normalized spacial score (nSPS) is 9.88. The highest BCUT2D eigenvalue weighted by atomic mass is 16.2. The van der Waals surface area contributed by atoms with Gasteiger partial charge in [-0.15, -0.1) is 0 Å². The third kappa shape index (κ3) is 2.78. The molecule has 17 heavy (non-hydrogen) atoms. The Morgan fingerprint density at radius 3 is 3.00 bits per heavy atom. The number of nitrogens with zero attached hydrogens (tertiary/aromatic N) is 1. The molecule has 2 N–H and O–H groups in total. The van der Waals surface area contributed by atoms with Gasteiger partial charge in [0.25, 0.3) is 5.91 Å². The lowest BCUT2D eigenvalue weighted by Crippen LogP contribution is -2.27. The molecule has 2 aromatic heterocycles. The van der Waals surface area contributed by atoms with Crippen LogP contribution >= 0.6 is 0 Å². The Morgan fingerprint density at radius 2 is 2.29 bits per heavy atom. The molecular formula is C12H11N3O2. The van der Waals surface area contributed by atoms with E-state index in [4.69, 9.17) is 0 Å². The van der Waals surface area contributed by atoms with E-state index in [0.717, 1.165) is 5.56 Å².